The first-order valence-corrected chi connectivity index (χ1v) is 12.9. The molecule has 188 valence electrons. The summed E-state index contributed by atoms with van der Waals surface area (Å²) in [4.78, 5) is 18.3. The van der Waals surface area contributed by atoms with Crippen molar-refractivity contribution in [2.24, 2.45) is 0 Å². The van der Waals surface area contributed by atoms with E-state index in [4.69, 9.17) is 35.4 Å². The number of benzene rings is 2. The summed E-state index contributed by atoms with van der Waals surface area (Å²) in [6.45, 7) is 5.64. The molecular weight excluding hydrogens is 525 g/mol. The van der Waals surface area contributed by atoms with Gasteiger partial charge in [-0.05, 0) is 92.3 Å². The monoisotopic (exact) mass is 549 g/mol. The average Bonchev–Trinajstić information content (AvgIpc) is 3.35. The van der Waals surface area contributed by atoms with E-state index < -0.39 is 0 Å². The van der Waals surface area contributed by atoms with Crippen LogP contribution in [0.2, 0.25) is 10.0 Å². The van der Waals surface area contributed by atoms with E-state index in [1.807, 2.05) is 54.6 Å². The number of anilines is 2. The van der Waals surface area contributed by atoms with Gasteiger partial charge in [0.15, 0.2) is 5.11 Å². The van der Waals surface area contributed by atoms with E-state index in [0.717, 1.165) is 39.7 Å². The zero-order valence-corrected chi connectivity index (χ0v) is 22.8. The quantitative estimate of drug-likeness (QED) is 0.264. The molecule has 0 bridgehead atoms. The largest absolute Gasteiger partial charge is 0.351 e. The van der Waals surface area contributed by atoms with Crippen molar-refractivity contribution in [2.75, 3.05) is 10.2 Å². The molecule has 0 spiro atoms. The first-order chi connectivity index (χ1) is 17.7. The Labute approximate surface area is 231 Å². The van der Waals surface area contributed by atoms with Gasteiger partial charge in [-0.3, -0.25) is 9.78 Å². The van der Waals surface area contributed by atoms with Crippen LogP contribution in [0.5, 0.6) is 0 Å². The van der Waals surface area contributed by atoms with Crippen LogP contribution in [0.1, 0.15) is 41.7 Å². The number of nitrogens with one attached hydrogen (secondary N) is 2. The van der Waals surface area contributed by atoms with Gasteiger partial charge in [0, 0.05) is 40.9 Å². The van der Waals surface area contributed by atoms with Gasteiger partial charge in [0.1, 0.15) is 0 Å². The lowest BCUT2D eigenvalue weighted by Crippen LogP contribution is -2.29. The Morgan fingerprint density at radius 2 is 1.81 bits per heavy atom. The van der Waals surface area contributed by atoms with Crippen LogP contribution in [0, 0.1) is 13.8 Å². The van der Waals surface area contributed by atoms with Gasteiger partial charge in [0.25, 0.3) is 0 Å². The molecule has 2 unspecified atom stereocenters. The number of thiocarbonyl (C=S) groups is 1. The molecule has 9 heteroatoms. The topological polar surface area (TPSA) is 62.2 Å². The number of rotatable bonds is 5. The van der Waals surface area contributed by atoms with Crippen molar-refractivity contribution in [1.82, 2.24) is 14.9 Å². The maximum Gasteiger partial charge on any atom is 0.221 e. The molecule has 2 aromatic carbocycles. The molecule has 5 rings (SSSR count). The van der Waals surface area contributed by atoms with Crippen LogP contribution in [-0.2, 0) is 4.79 Å². The Bertz CT molecular complexity index is 1490. The van der Waals surface area contributed by atoms with Crippen LogP contribution in [-0.4, -0.2) is 20.6 Å². The van der Waals surface area contributed by atoms with Gasteiger partial charge in [0.2, 0.25) is 5.91 Å². The highest BCUT2D eigenvalue weighted by atomic mass is 35.5. The fourth-order valence-corrected chi connectivity index (χ4v) is 5.82. The van der Waals surface area contributed by atoms with E-state index in [2.05, 4.69) is 45.0 Å². The summed E-state index contributed by atoms with van der Waals surface area (Å²) in [5.74, 6) is -0.118. The third-order valence-corrected chi connectivity index (χ3v) is 7.36. The number of aryl methyl sites for hydroxylation is 1. The van der Waals surface area contributed by atoms with Gasteiger partial charge in [-0.1, -0.05) is 29.3 Å². The Hall–Kier alpha value is -3.39. The Morgan fingerprint density at radius 1 is 1.05 bits per heavy atom. The number of aromatic nitrogens is 2. The molecule has 1 aliphatic rings. The van der Waals surface area contributed by atoms with Crippen molar-refractivity contribution in [3.63, 3.8) is 0 Å². The first-order valence-electron chi connectivity index (χ1n) is 11.8. The normalized spacial score (nSPS) is 17.1. The average molecular weight is 551 g/mol. The van der Waals surface area contributed by atoms with Gasteiger partial charge in [0.05, 0.1) is 28.5 Å². The number of amides is 1. The Balaban J connectivity index is 1.64. The number of halogens is 2. The van der Waals surface area contributed by atoms with Crippen molar-refractivity contribution in [3.05, 3.63) is 106 Å². The lowest BCUT2D eigenvalue weighted by Gasteiger charge is -2.28. The number of carbonyl (C=O) groups is 1. The standard InChI is InChI=1S/C28H25Cl2N5OS/c1-16-14-22(17(2)34(16)25-12-7-19(29)15-23(25)30)27-26(24-6-4-5-13-31-24)33-28(37)35(27)21-10-8-20(9-11-21)32-18(3)36/h4-15,26-27H,1-3H3,(H,32,36)(H,33,37). The number of hydrogen-bond donors (Lipinski definition) is 2. The van der Waals surface area contributed by atoms with Crippen LogP contribution in [0.4, 0.5) is 11.4 Å². The molecule has 1 amide bonds. The molecule has 6 nitrogen and oxygen atoms in total. The van der Waals surface area contributed by atoms with E-state index >= 15 is 0 Å². The van der Waals surface area contributed by atoms with Crippen molar-refractivity contribution in [1.29, 1.82) is 0 Å². The fraction of sp³-hybridized carbons (Fsp3) is 0.179. The maximum atomic E-state index is 11.5. The third-order valence-electron chi connectivity index (χ3n) is 6.50. The second-order valence-corrected chi connectivity index (χ2v) is 10.2. The number of nitrogens with zero attached hydrogens (tertiary/aromatic N) is 3. The predicted molar refractivity (Wildman–Crippen MR) is 154 cm³/mol. The van der Waals surface area contributed by atoms with E-state index in [0.29, 0.717) is 15.2 Å². The van der Waals surface area contributed by atoms with E-state index in [9.17, 15) is 4.79 Å². The SMILES string of the molecule is CC(=O)Nc1ccc(N2C(=S)NC(c3ccccn3)C2c2cc(C)n(-c3ccc(Cl)cc3Cl)c2C)cc1. The molecule has 1 saturated heterocycles. The fourth-order valence-electron chi connectivity index (χ4n) is 4.98. The van der Waals surface area contributed by atoms with Gasteiger partial charge in [-0.2, -0.15) is 0 Å². The van der Waals surface area contributed by atoms with Crippen LogP contribution in [0.25, 0.3) is 5.69 Å². The number of hydrogen-bond acceptors (Lipinski definition) is 3. The Kier molecular flexibility index (Phi) is 6.94. The molecule has 0 aliphatic carbocycles. The van der Waals surface area contributed by atoms with Gasteiger partial charge < -0.3 is 20.1 Å². The third kappa shape index (κ3) is 4.82. The summed E-state index contributed by atoms with van der Waals surface area (Å²) in [7, 11) is 0. The lowest BCUT2D eigenvalue weighted by molar-refractivity contribution is -0.114. The number of carbonyl (C=O) groups excluding carboxylic acids is 1. The minimum atomic E-state index is -0.182. The van der Waals surface area contributed by atoms with Gasteiger partial charge in [-0.25, -0.2) is 0 Å². The summed E-state index contributed by atoms with van der Waals surface area (Å²) in [5.41, 5.74) is 6.56. The minimum Gasteiger partial charge on any atom is -0.351 e. The highest BCUT2D eigenvalue weighted by Crippen LogP contribution is 2.44. The van der Waals surface area contributed by atoms with Crippen LogP contribution in [0.3, 0.4) is 0 Å². The van der Waals surface area contributed by atoms with E-state index in [1.54, 1.807) is 12.3 Å². The molecular formula is C28H25Cl2N5OS. The summed E-state index contributed by atoms with van der Waals surface area (Å²) < 4.78 is 2.14. The summed E-state index contributed by atoms with van der Waals surface area (Å²) >= 11 is 18.6. The molecule has 0 radical (unpaired) electrons. The summed E-state index contributed by atoms with van der Waals surface area (Å²) in [6, 6.07) is 20.9. The molecule has 4 aromatic rings. The van der Waals surface area contributed by atoms with Crippen LogP contribution in [0.15, 0.2) is 72.9 Å². The second-order valence-electron chi connectivity index (χ2n) is 8.98. The molecule has 1 aliphatic heterocycles. The van der Waals surface area contributed by atoms with Gasteiger partial charge >= 0.3 is 0 Å². The van der Waals surface area contributed by atoms with Crippen molar-refractivity contribution >= 4 is 57.8 Å². The van der Waals surface area contributed by atoms with E-state index in [1.165, 1.54) is 6.92 Å². The summed E-state index contributed by atoms with van der Waals surface area (Å²) in [5, 5.41) is 8.08. The van der Waals surface area contributed by atoms with Gasteiger partial charge in [-0.15, -0.1) is 0 Å². The second kappa shape index (κ2) is 10.2. The zero-order valence-electron chi connectivity index (χ0n) is 20.5. The highest BCUT2D eigenvalue weighted by molar-refractivity contribution is 7.80. The highest BCUT2D eigenvalue weighted by Gasteiger charge is 2.42. The zero-order chi connectivity index (χ0) is 26.3. The molecule has 0 saturated carbocycles. The summed E-state index contributed by atoms with van der Waals surface area (Å²) in [6.07, 6.45) is 1.79. The molecule has 37 heavy (non-hydrogen) atoms. The molecule has 1 fully saturated rings. The van der Waals surface area contributed by atoms with Crippen molar-refractivity contribution in [2.45, 2.75) is 32.9 Å². The Morgan fingerprint density at radius 3 is 2.46 bits per heavy atom. The predicted octanol–water partition coefficient (Wildman–Crippen LogP) is 6.93. The maximum absolute atomic E-state index is 11.5. The van der Waals surface area contributed by atoms with E-state index in [-0.39, 0.29) is 18.0 Å². The smallest absolute Gasteiger partial charge is 0.221 e. The van der Waals surface area contributed by atoms with Crippen LogP contribution < -0.4 is 15.5 Å². The minimum absolute atomic E-state index is 0.118. The first kappa shape index (κ1) is 25.3. The molecule has 3 heterocycles. The van der Waals surface area contributed by atoms with Crippen molar-refractivity contribution < 1.29 is 4.79 Å². The van der Waals surface area contributed by atoms with Crippen molar-refractivity contribution in [3.8, 4) is 5.69 Å². The van der Waals surface area contributed by atoms with Crippen LogP contribution >= 0.6 is 35.4 Å². The lowest BCUT2D eigenvalue weighted by atomic mass is 9.96. The molecule has 2 N–H and O–H groups in total. The number of pyridine rings is 1. The molecule has 2 atom stereocenters. The molecule has 2 aromatic heterocycles.